The molecular weight excluding hydrogens is 386 g/mol. The van der Waals surface area contributed by atoms with Gasteiger partial charge in [-0.05, 0) is 68.1 Å². The predicted octanol–water partition coefficient (Wildman–Crippen LogP) is 3.50. The molecule has 0 bridgehead atoms. The van der Waals surface area contributed by atoms with Gasteiger partial charge in [0.1, 0.15) is 11.2 Å². The first kappa shape index (κ1) is 18.8. The molecule has 144 valence electrons. The molecule has 0 atom stereocenters. The summed E-state index contributed by atoms with van der Waals surface area (Å²) in [5.74, 6) is -0.501. The molecule has 7 nitrogen and oxygen atoms in total. The number of fused-ring (bicyclic) bond motifs is 1. The molecule has 0 saturated heterocycles. The van der Waals surface area contributed by atoms with E-state index in [9.17, 15) is 9.59 Å². The van der Waals surface area contributed by atoms with E-state index in [-0.39, 0.29) is 5.56 Å². The summed E-state index contributed by atoms with van der Waals surface area (Å²) in [6, 6.07) is 14.4. The number of hydrogen-bond donors (Lipinski definition) is 1. The Morgan fingerprint density at radius 1 is 1.03 bits per heavy atom. The molecule has 1 aromatic carbocycles. The minimum absolute atomic E-state index is 0.0178. The second-order valence-corrected chi connectivity index (χ2v) is 7.46. The van der Waals surface area contributed by atoms with Crippen LogP contribution in [0.5, 0.6) is 0 Å². The highest BCUT2D eigenvalue weighted by molar-refractivity contribution is 7.99. The predicted molar refractivity (Wildman–Crippen MR) is 111 cm³/mol. The first-order valence-corrected chi connectivity index (χ1v) is 9.69. The van der Waals surface area contributed by atoms with Crippen LogP contribution in [0.2, 0.25) is 0 Å². The molecule has 0 spiro atoms. The molecule has 3 heterocycles. The quantitative estimate of drug-likeness (QED) is 0.525. The van der Waals surface area contributed by atoms with Gasteiger partial charge in [0.2, 0.25) is 0 Å². The minimum atomic E-state index is -0.501. The van der Waals surface area contributed by atoms with Gasteiger partial charge in [-0.25, -0.2) is 15.0 Å². The van der Waals surface area contributed by atoms with Crippen LogP contribution in [0.4, 0.5) is 5.69 Å². The summed E-state index contributed by atoms with van der Waals surface area (Å²) in [5, 5.41) is 3.42. The Kier molecular flexibility index (Phi) is 5.09. The minimum Gasteiger partial charge on any atom is -0.322 e. The van der Waals surface area contributed by atoms with Crippen molar-refractivity contribution in [1.82, 2.24) is 19.4 Å². The van der Waals surface area contributed by atoms with Crippen molar-refractivity contribution in [3.05, 3.63) is 88.2 Å². The van der Waals surface area contributed by atoms with Crippen molar-refractivity contribution in [1.29, 1.82) is 0 Å². The number of carbonyl (C=O) groups excluding carboxylic acids is 1. The highest BCUT2D eigenvalue weighted by Crippen LogP contribution is 2.26. The molecule has 0 aliphatic rings. The van der Waals surface area contributed by atoms with Gasteiger partial charge in [0, 0.05) is 34.4 Å². The Balaban J connectivity index is 1.51. The maximum atomic E-state index is 12.5. The maximum absolute atomic E-state index is 12.5. The lowest BCUT2D eigenvalue weighted by molar-refractivity contribution is 0.102. The molecule has 1 N–H and O–H groups in total. The van der Waals surface area contributed by atoms with Crippen molar-refractivity contribution in [2.75, 3.05) is 5.32 Å². The summed E-state index contributed by atoms with van der Waals surface area (Å²) in [4.78, 5) is 39.0. The lowest BCUT2D eigenvalue weighted by Gasteiger charge is -2.07. The van der Waals surface area contributed by atoms with E-state index >= 15 is 0 Å². The third-order valence-electron chi connectivity index (χ3n) is 4.14. The van der Waals surface area contributed by atoms with E-state index in [2.05, 4.69) is 20.3 Å². The summed E-state index contributed by atoms with van der Waals surface area (Å²) < 4.78 is 1.35. The van der Waals surface area contributed by atoms with E-state index in [1.165, 1.54) is 22.4 Å². The number of rotatable bonds is 4. The van der Waals surface area contributed by atoms with Gasteiger partial charge in [-0.2, -0.15) is 0 Å². The van der Waals surface area contributed by atoms with Crippen molar-refractivity contribution in [3.63, 3.8) is 0 Å². The van der Waals surface area contributed by atoms with Crippen LogP contribution in [-0.4, -0.2) is 25.3 Å². The smallest absolute Gasteiger partial charge is 0.270 e. The zero-order chi connectivity index (χ0) is 20.4. The molecular formula is C21H17N5O2S. The standard InChI is InChI=1S/C21H17N5O2S/c1-13-11-14(2)24-21(23-13)29-16-8-6-15(7-9-16)25-19(27)17-12-22-18-5-3-4-10-26(18)20(17)28/h3-12H,1-2H3,(H,25,27). The molecule has 4 rings (SSSR count). The van der Waals surface area contributed by atoms with E-state index < -0.39 is 11.5 Å². The molecule has 1 amide bonds. The van der Waals surface area contributed by atoms with Crippen LogP contribution in [0, 0.1) is 13.8 Å². The number of amides is 1. The Bertz CT molecular complexity index is 1250. The number of aromatic nitrogens is 4. The van der Waals surface area contributed by atoms with Gasteiger partial charge in [0.25, 0.3) is 11.5 Å². The molecule has 0 unspecified atom stereocenters. The number of anilines is 1. The molecule has 8 heteroatoms. The molecule has 0 fully saturated rings. The fourth-order valence-corrected chi connectivity index (χ4v) is 3.69. The summed E-state index contributed by atoms with van der Waals surface area (Å²) in [6.07, 6.45) is 2.89. The maximum Gasteiger partial charge on any atom is 0.270 e. The van der Waals surface area contributed by atoms with Gasteiger partial charge in [0.05, 0.1) is 0 Å². The number of nitrogens with one attached hydrogen (secondary N) is 1. The van der Waals surface area contributed by atoms with E-state index in [0.29, 0.717) is 16.5 Å². The fraction of sp³-hybridized carbons (Fsp3) is 0.0952. The average molecular weight is 403 g/mol. The monoisotopic (exact) mass is 403 g/mol. The highest BCUT2D eigenvalue weighted by atomic mass is 32.2. The van der Waals surface area contributed by atoms with Crippen LogP contribution in [-0.2, 0) is 0 Å². The Labute approximate surface area is 170 Å². The zero-order valence-corrected chi connectivity index (χ0v) is 16.6. The van der Waals surface area contributed by atoms with Crippen molar-refractivity contribution < 1.29 is 4.79 Å². The highest BCUT2D eigenvalue weighted by Gasteiger charge is 2.13. The van der Waals surface area contributed by atoms with E-state index in [1.807, 2.05) is 32.0 Å². The lowest BCUT2D eigenvalue weighted by Crippen LogP contribution is -2.26. The van der Waals surface area contributed by atoms with Gasteiger partial charge in [-0.1, -0.05) is 6.07 Å². The molecule has 0 aliphatic heterocycles. The zero-order valence-electron chi connectivity index (χ0n) is 15.8. The average Bonchev–Trinajstić information content (AvgIpc) is 2.69. The molecule has 0 aliphatic carbocycles. The van der Waals surface area contributed by atoms with E-state index in [4.69, 9.17) is 0 Å². The van der Waals surface area contributed by atoms with Crippen molar-refractivity contribution in [2.24, 2.45) is 0 Å². The number of hydrogen-bond acceptors (Lipinski definition) is 6. The summed E-state index contributed by atoms with van der Waals surface area (Å²) in [7, 11) is 0. The van der Waals surface area contributed by atoms with E-state index in [0.717, 1.165) is 16.3 Å². The van der Waals surface area contributed by atoms with Gasteiger partial charge < -0.3 is 5.32 Å². The van der Waals surface area contributed by atoms with Crippen LogP contribution < -0.4 is 10.9 Å². The lowest BCUT2D eigenvalue weighted by atomic mass is 10.2. The van der Waals surface area contributed by atoms with Gasteiger partial charge in [-0.15, -0.1) is 0 Å². The Hall–Kier alpha value is -3.52. The second-order valence-electron chi connectivity index (χ2n) is 6.42. The van der Waals surface area contributed by atoms with Crippen LogP contribution in [0.15, 0.2) is 75.8 Å². The third kappa shape index (κ3) is 4.17. The van der Waals surface area contributed by atoms with E-state index in [1.54, 1.807) is 36.5 Å². The van der Waals surface area contributed by atoms with Crippen molar-refractivity contribution in [3.8, 4) is 0 Å². The number of carbonyl (C=O) groups is 1. The topological polar surface area (TPSA) is 89.3 Å². The second kappa shape index (κ2) is 7.84. The van der Waals surface area contributed by atoms with Crippen molar-refractivity contribution >= 4 is 29.0 Å². The Morgan fingerprint density at radius 2 is 1.76 bits per heavy atom. The van der Waals surface area contributed by atoms with Gasteiger partial charge in [-0.3, -0.25) is 14.0 Å². The molecule has 29 heavy (non-hydrogen) atoms. The number of benzene rings is 1. The molecule has 3 aromatic heterocycles. The summed E-state index contributed by atoms with van der Waals surface area (Å²) in [5.41, 5.74) is 2.48. The molecule has 0 radical (unpaired) electrons. The first-order valence-electron chi connectivity index (χ1n) is 8.87. The number of nitrogens with zero attached hydrogens (tertiary/aromatic N) is 4. The largest absolute Gasteiger partial charge is 0.322 e. The van der Waals surface area contributed by atoms with Gasteiger partial charge >= 0.3 is 0 Å². The number of aryl methyl sites for hydroxylation is 2. The van der Waals surface area contributed by atoms with Gasteiger partial charge in [0.15, 0.2) is 5.16 Å². The molecule has 0 saturated carbocycles. The third-order valence-corrected chi connectivity index (χ3v) is 5.01. The van der Waals surface area contributed by atoms with Crippen LogP contribution >= 0.6 is 11.8 Å². The molecule has 4 aromatic rings. The number of pyridine rings is 1. The van der Waals surface area contributed by atoms with Crippen LogP contribution in [0.25, 0.3) is 5.65 Å². The first-order chi connectivity index (χ1) is 14.0. The fourth-order valence-electron chi connectivity index (χ4n) is 2.83. The SMILES string of the molecule is Cc1cc(C)nc(Sc2ccc(NC(=O)c3cnc4ccccn4c3=O)cc2)n1. The summed E-state index contributed by atoms with van der Waals surface area (Å²) in [6.45, 7) is 3.86. The van der Waals surface area contributed by atoms with Crippen LogP contribution in [0.1, 0.15) is 21.7 Å². The summed E-state index contributed by atoms with van der Waals surface area (Å²) >= 11 is 1.45. The normalized spacial score (nSPS) is 10.8. The van der Waals surface area contributed by atoms with Crippen LogP contribution in [0.3, 0.4) is 0 Å². The Morgan fingerprint density at radius 3 is 2.48 bits per heavy atom. The van der Waals surface area contributed by atoms with Crippen molar-refractivity contribution in [2.45, 2.75) is 23.9 Å².